The largest absolute Gasteiger partial charge is 0.496 e. The Bertz CT molecular complexity index is 580. The summed E-state index contributed by atoms with van der Waals surface area (Å²) in [5.41, 5.74) is 2.36. The molecule has 0 bridgehead atoms. The number of rotatable bonds is 3. The van der Waals surface area contributed by atoms with E-state index < -0.39 is 0 Å². The summed E-state index contributed by atoms with van der Waals surface area (Å²) in [4.78, 5) is -0.351. The van der Waals surface area contributed by atoms with Gasteiger partial charge in [-0.3, -0.25) is 0 Å². The summed E-state index contributed by atoms with van der Waals surface area (Å²) < 4.78 is 19.3. The lowest BCUT2D eigenvalue weighted by atomic mass is 10.0. The molecule has 0 aromatic heterocycles. The van der Waals surface area contributed by atoms with E-state index in [-0.39, 0.29) is 10.6 Å². The molecule has 0 aliphatic carbocycles. The number of hydrogen-bond donors (Lipinski definition) is 0. The van der Waals surface area contributed by atoms with Gasteiger partial charge < -0.3 is 4.74 Å². The topological polar surface area (TPSA) is 9.23 Å². The van der Waals surface area contributed by atoms with E-state index in [4.69, 9.17) is 16.3 Å². The van der Waals surface area contributed by atoms with Crippen LogP contribution in [0.15, 0.2) is 36.4 Å². The second-order valence-corrected chi connectivity index (χ2v) is 5.57. The molecule has 0 fully saturated rings. The van der Waals surface area contributed by atoms with Gasteiger partial charge in [0.15, 0.2) is 0 Å². The van der Waals surface area contributed by atoms with Gasteiger partial charge in [0, 0.05) is 16.1 Å². The van der Waals surface area contributed by atoms with Crippen LogP contribution in [0.1, 0.15) is 21.5 Å². The highest BCUT2D eigenvalue weighted by molar-refractivity contribution is 9.09. The zero-order chi connectivity index (χ0) is 14.0. The molecule has 19 heavy (non-hydrogen) atoms. The van der Waals surface area contributed by atoms with Crippen molar-refractivity contribution in [1.29, 1.82) is 0 Å². The molecule has 1 unspecified atom stereocenters. The predicted molar refractivity (Wildman–Crippen MR) is 79.9 cm³/mol. The molecule has 0 amide bonds. The third-order valence-corrected chi connectivity index (χ3v) is 4.19. The van der Waals surface area contributed by atoms with Crippen molar-refractivity contribution in [2.75, 3.05) is 7.11 Å². The molecule has 1 nitrogen and oxygen atoms in total. The van der Waals surface area contributed by atoms with Gasteiger partial charge >= 0.3 is 0 Å². The van der Waals surface area contributed by atoms with Crippen molar-refractivity contribution in [3.05, 3.63) is 63.9 Å². The van der Waals surface area contributed by atoms with Crippen LogP contribution in [0.4, 0.5) is 4.39 Å². The average molecular weight is 344 g/mol. The fraction of sp³-hybridized carbons (Fsp3) is 0.200. The average Bonchev–Trinajstić information content (AvgIpc) is 2.38. The van der Waals surface area contributed by atoms with E-state index in [0.717, 1.165) is 11.1 Å². The minimum atomic E-state index is -0.351. The summed E-state index contributed by atoms with van der Waals surface area (Å²) >= 11 is 9.62. The number of benzene rings is 2. The molecule has 0 saturated carbocycles. The monoisotopic (exact) mass is 342 g/mol. The van der Waals surface area contributed by atoms with Crippen molar-refractivity contribution in [1.82, 2.24) is 0 Å². The van der Waals surface area contributed by atoms with Gasteiger partial charge in [0.1, 0.15) is 11.6 Å². The molecule has 0 saturated heterocycles. The predicted octanol–water partition coefficient (Wildman–Crippen LogP) is 5.28. The lowest BCUT2D eigenvalue weighted by Crippen LogP contribution is -2.01. The van der Waals surface area contributed by atoms with Crippen LogP contribution >= 0.6 is 27.5 Å². The van der Waals surface area contributed by atoms with Crippen molar-refractivity contribution in [3.63, 3.8) is 0 Å². The first-order chi connectivity index (χ1) is 9.04. The molecule has 0 radical (unpaired) electrons. The fourth-order valence-corrected chi connectivity index (χ4v) is 3.19. The minimum absolute atomic E-state index is 0.335. The van der Waals surface area contributed by atoms with Crippen LogP contribution in [0.5, 0.6) is 5.75 Å². The summed E-state index contributed by atoms with van der Waals surface area (Å²) in [6.45, 7) is 1.98. The van der Waals surface area contributed by atoms with E-state index in [1.54, 1.807) is 19.2 Å². The zero-order valence-corrected chi connectivity index (χ0v) is 12.9. The van der Waals surface area contributed by atoms with Gasteiger partial charge in [0.2, 0.25) is 0 Å². The first kappa shape index (κ1) is 14.4. The SMILES string of the molecule is COc1ccc(C)cc1C(Br)c1c(F)cccc1Cl. The molecule has 1 atom stereocenters. The van der Waals surface area contributed by atoms with Crippen molar-refractivity contribution < 1.29 is 9.13 Å². The Morgan fingerprint density at radius 2 is 2.00 bits per heavy atom. The molecule has 4 heteroatoms. The standard InChI is InChI=1S/C15H13BrClFO/c1-9-6-7-13(19-2)10(8-9)15(16)14-11(17)4-3-5-12(14)18/h3-8,15H,1-2H3. The van der Waals surface area contributed by atoms with Crippen molar-refractivity contribution >= 4 is 27.5 Å². The van der Waals surface area contributed by atoms with Crippen LogP contribution in [0, 0.1) is 12.7 Å². The highest BCUT2D eigenvalue weighted by Gasteiger charge is 2.21. The quantitative estimate of drug-likeness (QED) is 0.689. The van der Waals surface area contributed by atoms with Gasteiger partial charge in [0.05, 0.1) is 11.9 Å². The molecule has 2 aromatic carbocycles. The number of alkyl halides is 1. The first-order valence-electron chi connectivity index (χ1n) is 5.77. The summed E-state index contributed by atoms with van der Waals surface area (Å²) in [7, 11) is 1.59. The van der Waals surface area contributed by atoms with Crippen molar-refractivity contribution in [2.24, 2.45) is 0 Å². The molecule has 0 aliphatic rings. The Hall–Kier alpha value is -1.06. The van der Waals surface area contributed by atoms with Gasteiger partial charge in [0.25, 0.3) is 0 Å². The van der Waals surface area contributed by atoms with Crippen LogP contribution in [-0.2, 0) is 0 Å². The molecule has 2 aromatic rings. The lowest BCUT2D eigenvalue weighted by molar-refractivity contribution is 0.410. The van der Waals surface area contributed by atoms with Gasteiger partial charge in [-0.2, -0.15) is 0 Å². The van der Waals surface area contributed by atoms with Crippen LogP contribution in [-0.4, -0.2) is 7.11 Å². The Labute approximate surface area is 125 Å². The van der Waals surface area contributed by atoms with E-state index in [9.17, 15) is 4.39 Å². The molecule has 2 rings (SSSR count). The fourth-order valence-electron chi connectivity index (χ4n) is 1.96. The van der Waals surface area contributed by atoms with Gasteiger partial charge in [-0.25, -0.2) is 4.39 Å². The normalized spacial score (nSPS) is 12.3. The number of hydrogen-bond acceptors (Lipinski definition) is 1. The highest BCUT2D eigenvalue weighted by Crippen LogP contribution is 2.41. The smallest absolute Gasteiger partial charge is 0.129 e. The van der Waals surface area contributed by atoms with Crippen LogP contribution in [0.25, 0.3) is 0 Å². The van der Waals surface area contributed by atoms with E-state index in [2.05, 4.69) is 15.9 Å². The molecule has 0 aliphatic heterocycles. The molecule has 0 N–H and O–H groups in total. The van der Waals surface area contributed by atoms with Crippen molar-refractivity contribution in [2.45, 2.75) is 11.8 Å². The van der Waals surface area contributed by atoms with E-state index in [1.165, 1.54) is 6.07 Å². The third kappa shape index (κ3) is 2.93. The molecular formula is C15H13BrClFO. The Balaban J connectivity index is 2.55. The summed E-state index contributed by atoms with van der Waals surface area (Å²) in [6.07, 6.45) is 0. The maximum Gasteiger partial charge on any atom is 0.129 e. The maximum atomic E-state index is 14.0. The minimum Gasteiger partial charge on any atom is -0.496 e. The first-order valence-corrected chi connectivity index (χ1v) is 7.06. The maximum absolute atomic E-state index is 14.0. The number of ether oxygens (including phenoxy) is 1. The molecular weight excluding hydrogens is 331 g/mol. The third-order valence-electron chi connectivity index (χ3n) is 2.91. The zero-order valence-electron chi connectivity index (χ0n) is 10.6. The lowest BCUT2D eigenvalue weighted by Gasteiger charge is -2.17. The van der Waals surface area contributed by atoms with E-state index >= 15 is 0 Å². The Morgan fingerprint density at radius 1 is 1.26 bits per heavy atom. The summed E-state index contributed by atoms with van der Waals surface area (Å²) in [5, 5.41) is 0.394. The van der Waals surface area contributed by atoms with Gasteiger partial charge in [-0.15, -0.1) is 0 Å². The summed E-state index contributed by atoms with van der Waals surface area (Å²) in [5.74, 6) is 0.365. The van der Waals surface area contributed by atoms with Crippen LogP contribution in [0.3, 0.4) is 0 Å². The number of methoxy groups -OCH3 is 1. The van der Waals surface area contributed by atoms with Gasteiger partial charge in [-0.1, -0.05) is 51.3 Å². The van der Waals surface area contributed by atoms with Crippen LogP contribution in [0.2, 0.25) is 5.02 Å². The molecule has 0 heterocycles. The Kier molecular flexibility index (Phi) is 4.48. The highest BCUT2D eigenvalue weighted by atomic mass is 79.9. The number of halogens is 3. The van der Waals surface area contributed by atoms with E-state index in [1.807, 2.05) is 25.1 Å². The molecule has 0 spiro atoms. The second-order valence-electron chi connectivity index (χ2n) is 4.24. The number of aryl methyl sites for hydroxylation is 1. The van der Waals surface area contributed by atoms with Gasteiger partial charge in [-0.05, 0) is 25.1 Å². The second kappa shape index (κ2) is 5.93. The summed E-state index contributed by atoms with van der Waals surface area (Å²) in [6, 6.07) is 10.4. The van der Waals surface area contributed by atoms with Crippen LogP contribution < -0.4 is 4.74 Å². The Morgan fingerprint density at radius 3 is 2.63 bits per heavy atom. The molecule has 100 valence electrons. The van der Waals surface area contributed by atoms with Crippen molar-refractivity contribution in [3.8, 4) is 5.75 Å². The van der Waals surface area contributed by atoms with E-state index in [0.29, 0.717) is 16.3 Å².